The molecule has 1 aliphatic rings. The fraction of sp³-hybridized carbons (Fsp3) is 0.600. The van der Waals surface area contributed by atoms with Crippen molar-refractivity contribution in [2.24, 2.45) is 5.92 Å². The van der Waals surface area contributed by atoms with Gasteiger partial charge in [-0.3, -0.25) is 0 Å². The molecule has 1 N–H and O–H groups in total. The van der Waals surface area contributed by atoms with Gasteiger partial charge in [0.1, 0.15) is 0 Å². The number of nitrogens with one attached hydrogen (secondary N) is 1. The maximum atomic E-state index is 5.56. The summed E-state index contributed by atoms with van der Waals surface area (Å²) in [6.45, 7) is 9.46. The zero-order valence-electron chi connectivity index (χ0n) is 11.1. The molecule has 0 bridgehead atoms. The van der Waals surface area contributed by atoms with Crippen LogP contribution < -0.4 is 5.32 Å². The Hall–Kier alpha value is -0.860. The van der Waals surface area contributed by atoms with Crippen molar-refractivity contribution < 1.29 is 4.74 Å². The maximum Gasteiger partial charge on any atom is 0.0588 e. The van der Waals surface area contributed by atoms with Gasteiger partial charge < -0.3 is 10.1 Å². The van der Waals surface area contributed by atoms with E-state index < -0.39 is 0 Å². The van der Waals surface area contributed by atoms with E-state index in [0.717, 1.165) is 19.7 Å². The molecule has 2 unspecified atom stereocenters. The van der Waals surface area contributed by atoms with Gasteiger partial charge in [0.2, 0.25) is 0 Å². The molecule has 2 heteroatoms. The van der Waals surface area contributed by atoms with E-state index in [1.165, 1.54) is 23.1 Å². The third-order valence-corrected chi connectivity index (χ3v) is 3.84. The molecule has 2 atom stereocenters. The summed E-state index contributed by atoms with van der Waals surface area (Å²) in [4.78, 5) is 0. The highest BCUT2D eigenvalue weighted by Crippen LogP contribution is 2.19. The number of hydrogen-bond donors (Lipinski definition) is 1. The summed E-state index contributed by atoms with van der Waals surface area (Å²) in [5.41, 5.74) is 4.12. The van der Waals surface area contributed by atoms with Gasteiger partial charge in [-0.05, 0) is 49.8 Å². The second-order valence-corrected chi connectivity index (χ2v) is 5.17. The van der Waals surface area contributed by atoms with Gasteiger partial charge in [0.15, 0.2) is 0 Å². The third kappa shape index (κ3) is 3.30. The second-order valence-electron chi connectivity index (χ2n) is 5.17. The zero-order chi connectivity index (χ0) is 12.3. The van der Waals surface area contributed by atoms with Crippen LogP contribution >= 0.6 is 0 Å². The van der Waals surface area contributed by atoms with E-state index in [9.17, 15) is 0 Å². The van der Waals surface area contributed by atoms with Gasteiger partial charge >= 0.3 is 0 Å². The monoisotopic (exact) mass is 233 g/mol. The molecule has 0 aromatic heterocycles. The van der Waals surface area contributed by atoms with E-state index in [1.54, 1.807) is 0 Å². The number of benzene rings is 1. The van der Waals surface area contributed by atoms with E-state index in [-0.39, 0.29) is 0 Å². The van der Waals surface area contributed by atoms with Crippen LogP contribution in [0.4, 0.5) is 0 Å². The predicted octanol–water partition coefficient (Wildman–Crippen LogP) is 2.82. The van der Waals surface area contributed by atoms with Crippen LogP contribution in [0, 0.1) is 19.8 Å². The van der Waals surface area contributed by atoms with Gasteiger partial charge in [0.05, 0.1) is 6.10 Å². The summed E-state index contributed by atoms with van der Waals surface area (Å²) in [6, 6.07) is 6.69. The van der Waals surface area contributed by atoms with Crippen molar-refractivity contribution in [2.45, 2.75) is 39.8 Å². The highest BCUT2D eigenvalue weighted by Gasteiger charge is 2.23. The van der Waals surface area contributed by atoms with E-state index in [0.29, 0.717) is 12.0 Å². The summed E-state index contributed by atoms with van der Waals surface area (Å²) in [6.07, 6.45) is 1.61. The third-order valence-electron chi connectivity index (χ3n) is 3.84. The molecular weight excluding hydrogens is 210 g/mol. The number of ether oxygens (including phenoxy) is 1. The molecule has 17 heavy (non-hydrogen) atoms. The fourth-order valence-electron chi connectivity index (χ4n) is 2.36. The van der Waals surface area contributed by atoms with Crippen molar-refractivity contribution in [2.75, 3.05) is 13.2 Å². The van der Waals surface area contributed by atoms with Crippen LogP contribution in [0.1, 0.15) is 30.0 Å². The molecule has 1 saturated heterocycles. The van der Waals surface area contributed by atoms with Gasteiger partial charge in [-0.2, -0.15) is 0 Å². The van der Waals surface area contributed by atoms with Crippen LogP contribution in [0.15, 0.2) is 18.2 Å². The number of rotatable bonds is 4. The predicted molar refractivity (Wildman–Crippen MR) is 71.1 cm³/mol. The minimum absolute atomic E-state index is 0.419. The normalized spacial score (nSPS) is 24.2. The Morgan fingerprint density at radius 1 is 1.29 bits per heavy atom. The minimum atomic E-state index is 0.419. The molecule has 0 amide bonds. The lowest BCUT2D eigenvalue weighted by molar-refractivity contribution is 0.105. The van der Waals surface area contributed by atoms with E-state index in [2.05, 4.69) is 44.3 Å². The second kappa shape index (κ2) is 5.65. The molecule has 1 aromatic carbocycles. The van der Waals surface area contributed by atoms with Crippen molar-refractivity contribution in [3.63, 3.8) is 0 Å². The fourth-order valence-corrected chi connectivity index (χ4v) is 2.36. The summed E-state index contributed by atoms with van der Waals surface area (Å²) in [5, 5.41) is 3.54. The smallest absolute Gasteiger partial charge is 0.0588 e. The first-order valence-corrected chi connectivity index (χ1v) is 6.55. The van der Waals surface area contributed by atoms with E-state index in [1.807, 2.05) is 0 Å². The highest BCUT2D eigenvalue weighted by atomic mass is 16.5. The molecule has 0 spiro atoms. The summed E-state index contributed by atoms with van der Waals surface area (Å²) in [5.74, 6) is 0.682. The average molecular weight is 233 g/mol. The van der Waals surface area contributed by atoms with E-state index in [4.69, 9.17) is 4.74 Å². The lowest BCUT2D eigenvalue weighted by Crippen LogP contribution is -2.26. The van der Waals surface area contributed by atoms with Crippen LogP contribution in [0.5, 0.6) is 0 Å². The molecule has 0 aliphatic carbocycles. The maximum absolute atomic E-state index is 5.56. The number of aryl methyl sites for hydroxylation is 2. The van der Waals surface area contributed by atoms with Crippen LogP contribution in [-0.2, 0) is 11.3 Å². The SMILES string of the molecule is Cc1ccc(CNCC2CCOC2C)cc1C. The highest BCUT2D eigenvalue weighted by molar-refractivity contribution is 5.29. The molecular formula is C15H23NO. The summed E-state index contributed by atoms with van der Waals surface area (Å²) >= 11 is 0. The van der Waals surface area contributed by atoms with Crippen LogP contribution in [-0.4, -0.2) is 19.3 Å². The molecule has 0 saturated carbocycles. The van der Waals surface area contributed by atoms with Crippen LogP contribution in [0.3, 0.4) is 0 Å². The Balaban J connectivity index is 1.79. The topological polar surface area (TPSA) is 21.3 Å². The van der Waals surface area contributed by atoms with Crippen LogP contribution in [0.2, 0.25) is 0 Å². The molecule has 2 rings (SSSR count). The standard InChI is InChI=1S/C15H23NO/c1-11-4-5-14(8-12(11)2)9-16-10-15-6-7-17-13(15)3/h4-5,8,13,15-16H,6-7,9-10H2,1-3H3. The van der Waals surface area contributed by atoms with Crippen molar-refractivity contribution in [1.82, 2.24) is 5.32 Å². The molecule has 1 fully saturated rings. The van der Waals surface area contributed by atoms with Crippen molar-refractivity contribution in [3.05, 3.63) is 34.9 Å². The lowest BCUT2D eigenvalue weighted by Gasteiger charge is -2.15. The summed E-state index contributed by atoms with van der Waals surface area (Å²) < 4.78 is 5.56. The first kappa shape index (κ1) is 12.6. The molecule has 2 nitrogen and oxygen atoms in total. The molecule has 1 aromatic rings. The first-order chi connectivity index (χ1) is 8.16. The van der Waals surface area contributed by atoms with E-state index >= 15 is 0 Å². The molecule has 94 valence electrons. The first-order valence-electron chi connectivity index (χ1n) is 6.55. The van der Waals surface area contributed by atoms with Crippen molar-refractivity contribution in [1.29, 1.82) is 0 Å². The van der Waals surface area contributed by atoms with Crippen LogP contribution in [0.25, 0.3) is 0 Å². The number of hydrogen-bond acceptors (Lipinski definition) is 2. The average Bonchev–Trinajstić information content (AvgIpc) is 2.70. The van der Waals surface area contributed by atoms with Gasteiger partial charge in [-0.1, -0.05) is 18.2 Å². The molecule has 0 radical (unpaired) electrons. The Morgan fingerprint density at radius 2 is 2.12 bits per heavy atom. The molecule has 1 aliphatic heterocycles. The van der Waals surface area contributed by atoms with Crippen molar-refractivity contribution >= 4 is 0 Å². The Bertz CT molecular complexity index is 375. The largest absolute Gasteiger partial charge is 0.378 e. The van der Waals surface area contributed by atoms with Crippen molar-refractivity contribution in [3.8, 4) is 0 Å². The Kier molecular flexibility index (Phi) is 4.19. The minimum Gasteiger partial charge on any atom is -0.378 e. The Labute approximate surface area is 104 Å². The van der Waals surface area contributed by atoms with Gasteiger partial charge in [-0.25, -0.2) is 0 Å². The van der Waals surface area contributed by atoms with Gasteiger partial charge in [0.25, 0.3) is 0 Å². The molecule has 1 heterocycles. The quantitative estimate of drug-likeness (QED) is 0.863. The summed E-state index contributed by atoms with van der Waals surface area (Å²) in [7, 11) is 0. The van der Waals surface area contributed by atoms with Gasteiger partial charge in [0, 0.05) is 19.7 Å². The zero-order valence-corrected chi connectivity index (χ0v) is 11.1. The van der Waals surface area contributed by atoms with Gasteiger partial charge in [-0.15, -0.1) is 0 Å². The lowest BCUT2D eigenvalue weighted by atomic mass is 10.0. The Morgan fingerprint density at radius 3 is 2.76 bits per heavy atom.